The van der Waals surface area contributed by atoms with Crippen LogP contribution in [0.5, 0.6) is 11.5 Å². The first-order valence-corrected chi connectivity index (χ1v) is 8.23. The number of hydrogen-bond donors (Lipinski definition) is 0. The average molecular weight is 401 g/mol. The Morgan fingerprint density at radius 2 is 1.96 bits per heavy atom. The number of benzene rings is 1. The van der Waals surface area contributed by atoms with Crippen molar-refractivity contribution < 1.29 is 27.1 Å². The Hall–Kier alpha value is -2.75. The Morgan fingerprint density at radius 3 is 2.70 bits per heavy atom. The fraction of sp³-hybridized carbons (Fsp3) is 0.312. The van der Waals surface area contributed by atoms with Gasteiger partial charge in [0.25, 0.3) is 0 Å². The van der Waals surface area contributed by atoms with Crippen LogP contribution in [0.2, 0.25) is 5.02 Å². The molecule has 0 atom stereocenters. The van der Waals surface area contributed by atoms with Crippen LogP contribution in [0.3, 0.4) is 0 Å². The zero-order valence-corrected chi connectivity index (χ0v) is 14.6. The summed E-state index contributed by atoms with van der Waals surface area (Å²) < 4.78 is 55.9. The number of fused-ring (bicyclic) bond motifs is 1. The second kappa shape index (κ2) is 6.45. The normalized spacial score (nSPS) is 13.4. The molecular formula is C16H12ClF3N4O3. The highest BCUT2D eigenvalue weighted by Crippen LogP contribution is 2.36. The zero-order valence-electron chi connectivity index (χ0n) is 13.9. The number of hydrogen-bond acceptors (Lipinski definition) is 6. The molecule has 0 saturated carbocycles. The Labute approximate surface area is 155 Å². The van der Waals surface area contributed by atoms with Gasteiger partial charge in [-0.15, -0.1) is 10.2 Å². The van der Waals surface area contributed by atoms with E-state index in [0.717, 1.165) is 0 Å². The molecule has 0 unspecified atom stereocenters. The molecule has 0 radical (unpaired) electrons. The molecule has 0 aliphatic carbocycles. The Kier molecular flexibility index (Phi) is 4.22. The maximum absolute atomic E-state index is 12.9. The molecule has 4 rings (SSSR count). The van der Waals surface area contributed by atoms with E-state index in [2.05, 4.69) is 15.3 Å². The van der Waals surface area contributed by atoms with Crippen molar-refractivity contribution in [2.45, 2.75) is 26.1 Å². The van der Waals surface area contributed by atoms with Crippen molar-refractivity contribution in [1.82, 2.24) is 20.0 Å². The van der Waals surface area contributed by atoms with Crippen LogP contribution in [0.1, 0.15) is 17.3 Å². The average Bonchev–Trinajstić information content (AvgIpc) is 3.33. The fourth-order valence-corrected chi connectivity index (χ4v) is 2.87. The Balaban J connectivity index is 1.49. The highest BCUT2D eigenvalue weighted by Gasteiger charge is 2.38. The quantitative estimate of drug-likeness (QED) is 0.661. The van der Waals surface area contributed by atoms with Gasteiger partial charge in [0.2, 0.25) is 18.6 Å². The van der Waals surface area contributed by atoms with Crippen LogP contribution in [0.25, 0.3) is 11.5 Å². The van der Waals surface area contributed by atoms with Gasteiger partial charge in [0, 0.05) is 12.0 Å². The van der Waals surface area contributed by atoms with Crippen molar-refractivity contribution in [3.8, 4) is 23.0 Å². The maximum atomic E-state index is 12.9. The SMILES string of the molecule is Cc1c(Cl)c(C(F)(F)F)nn1CCc1nnc(-c2ccc3c(c2)OCO3)o1. The largest absolute Gasteiger partial charge is 0.454 e. The fourth-order valence-electron chi connectivity index (χ4n) is 2.63. The van der Waals surface area contributed by atoms with E-state index in [-0.39, 0.29) is 37.2 Å². The highest BCUT2D eigenvalue weighted by atomic mass is 35.5. The van der Waals surface area contributed by atoms with Gasteiger partial charge in [0.15, 0.2) is 17.2 Å². The number of aromatic nitrogens is 4. The molecule has 3 heterocycles. The predicted molar refractivity (Wildman–Crippen MR) is 86.5 cm³/mol. The van der Waals surface area contributed by atoms with E-state index in [1.165, 1.54) is 11.6 Å². The van der Waals surface area contributed by atoms with E-state index in [1.807, 2.05) is 0 Å². The van der Waals surface area contributed by atoms with Crippen LogP contribution in [0.15, 0.2) is 22.6 Å². The van der Waals surface area contributed by atoms with Gasteiger partial charge in [0.1, 0.15) is 0 Å². The van der Waals surface area contributed by atoms with Crippen molar-refractivity contribution in [2.75, 3.05) is 6.79 Å². The molecule has 0 amide bonds. The van der Waals surface area contributed by atoms with Crippen LogP contribution in [0, 0.1) is 6.92 Å². The first-order chi connectivity index (χ1) is 12.8. The third-order valence-electron chi connectivity index (χ3n) is 4.03. The van der Waals surface area contributed by atoms with E-state index in [0.29, 0.717) is 17.1 Å². The highest BCUT2D eigenvalue weighted by molar-refractivity contribution is 6.31. The van der Waals surface area contributed by atoms with Gasteiger partial charge in [-0.3, -0.25) is 4.68 Å². The van der Waals surface area contributed by atoms with Crippen molar-refractivity contribution in [2.24, 2.45) is 0 Å². The molecule has 0 saturated heterocycles. The summed E-state index contributed by atoms with van der Waals surface area (Å²) in [6.07, 6.45) is -4.40. The van der Waals surface area contributed by atoms with Gasteiger partial charge >= 0.3 is 6.18 Å². The van der Waals surface area contributed by atoms with Crippen LogP contribution in [-0.2, 0) is 19.1 Å². The molecule has 27 heavy (non-hydrogen) atoms. The lowest BCUT2D eigenvalue weighted by molar-refractivity contribution is -0.141. The molecule has 1 aliphatic heterocycles. The minimum atomic E-state index is -4.61. The summed E-state index contributed by atoms with van der Waals surface area (Å²) in [6.45, 7) is 1.74. The van der Waals surface area contributed by atoms with E-state index in [9.17, 15) is 13.2 Å². The molecule has 1 aromatic carbocycles. The van der Waals surface area contributed by atoms with Gasteiger partial charge in [-0.25, -0.2) is 0 Å². The Morgan fingerprint density at radius 1 is 1.19 bits per heavy atom. The summed E-state index contributed by atoms with van der Waals surface area (Å²) in [4.78, 5) is 0. The molecule has 0 bridgehead atoms. The number of halogens is 4. The van der Waals surface area contributed by atoms with Crippen molar-refractivity contribution >= 4 is 11.6 Å². The summed E-state index contributed by atoms with van der Waals surface area (Å²) >= 11 is 5.73. The summed E-state index contributed by atoms with van der Waals surface area (Å²) in [6, 6.07) is 5.19. The van der Waals surface area contributed by atoms with E-state index in [1.54, 1.807) is 18.2 Å². The lowest BCUT2D eigenvalue weighted by atomic mass is 10.2. The summed E-state index contributed by atoms with van der Waals surface area (Å²) in [5, 5.41) is 11.0. The molecule has 0 spiro atoms. The van der Waals surface area contributed by atoms with E-state index >= 15 is 0 Å². The number of aryl methyl sites for hydroxylation is 2. The van der Waals surface area contributed by atoms with Gasteiger partial charge < -0.3 is 13.9 Å². The predicted octanol–water partition coefficient (Wildman–Crippen LogP) is 3.89. The standard InChI is InChI=1S/C16H12ClF3N4O3/c1-8-13(17)14(16(18,19)20)23-24(8)5-4-12-21-22-15(27-12)9-2-3-10-11(6-9)26-7-25-10/h2-3,6H,4-5,7H2,1H3. The maximum Gasteiger partial charge on any atom is 0.436 e. The smallest absolute Gasteiger partial charge is 0.436 e. The molecule has 142 valence electrons. The Bertz CT molecular complexity index is 999. The lowest BCUT2D eigenvalue weighted by Gasteiger charge is -2.02. The van der Waals surface area contributed by atoms with Gasteiger partial charge in [-0.1, -0.05) is 11.6 Å². The van der Waals surface area contributed by atoms with Crippen molar-refractivity contribution in [1.29, 1.82) is 0 Å². The molecular weight excluding hydrogens is 389 g/mol. The number of ether oxygens (including phenoxy) is 2. The summed E-state index contributed by atoms with van der Waals surface area (Å²) in [5.41, 5.74) is -0.233. The molecule has 11 heteroatoms. The van der Waals surface area contributed by atoms with Crippen molar-refractivity contribution in [3.63, 3.8) is 0 Å². The number of nitrogens with zero attached hydrogens (tertiary/aromatic N) is 4. The second-order valence-corrected chi connectivity index (χ2v) is 6.17. The monoisotopic (exact) mass is 400 g/mol. The van der Waals surface area contributed by atoms with Crippen LogP contribution < -0.4 is 9.47 Å². The van der Waals surface area contributed by atoms with E-state index < -0.39 is 16.9 Å². The second-order valence-electron chi connectivity index (χ2n) is 5.79. The van der Waals surface area contributed by atoms with E-state index in [4.69, 9.17) is 25.5 Å². The topological polar surface area (TPSA) is 75.2 Å². The third-order valence-corrected chi connectivity index (χ3v) is 4.48. The van der Waals surface area contributed by atoms with Crippen LogP contribution >= 0.6 is 11.6 Å². The zero-order chi connectivity index (χ0) is 19.2. The number of rotatable bonds is 4. The summed E-state index contributed by atoms with van der Waals surface area (Å²) in [7, 11) is 0. The molecule has 0 N–H and O–H groups in total. The first-order valence-electron chi connectivity index (χ1n) is 7.85. The molecule has 0 fully saturated rings. The molecule has 1 aliphatic rings. The number of alkyl halides is 3. The van der Waals surface area contributed by atoms with Gasteiger partial charge in [-0.2, -0.15) is 18.3 Å². The van der Waals surface area contributed by atoms with Crippen LogP contribution in [-0.4, -0.2) is 26.8 Å². The van der Waals surface area contributed by atoms with Crippen molar-refractivity contribution in [3.05, 3.63) is 40.5 Å². The van der Waals surface area contributed by atoms with Gasteiger partial charge in [-0.05, 0) is 25.1 Å². The van der Waals surface area contributed by atoms with Gasteiger partial charge in [0.05, 0.1) is 17.3 Å². The molecule has 7 nitrogen and oxygen atoms in total. The minimum Gasteiger partial charge on any atom is -0.454 e. The van der Waals surface area contributed by atoms with Crippen LogP contribution in [0.4, 0.5) is 13.2 Å². The lowest BCUT2D eigenvalue weighted by Crippen LogP contribution is -2.10. The first kappa shape index (κ1) is 17.7. The summed E-state index contributed by atoms with van der Waals surface area (Å²) in [5.74, 6) is 1.75. The molecule has 3 aromatic rings. The molecule has 2 aromatic heterocycles. The minimum absolute atomic E-state index is 0.115. The third kappa shape index (κ3) is 3.32.